The third-order valence-electron chi connectivity index (χ3n) is 6.07. The number of anilines is 2. The number of nitrogen functional groups attached to an aromatic ring is 1. The van der Waals surface area contributed by atoms with Crippen molar-refractivity contribution in [3.63, 3.8) is 0 Å². The molecule has 10 nitrogen and oxygen atoms in total. The van der Waals surface area contributed by atoms with Gasteiger partial charge in [-0.3, -0.25) is 4.40 Å². The number of alkyl halides is 3. The third kappa shape index (κ3) is 4.06. The monoisotopic (exact) mass is 476 g/mol. The summed E-state index contributed by atoms with van der Waals surface area (Å²) in [6.07, 6.45) is -2.98. The van der Waals surface area contributed by atoms with Crippen LogP contribution >= 0.6 is 0 Å². The van der Waals surface area contributed by atoms with Crippen LogP contribution in [0.15, 0.2) is 24.5 Å². The highest BCUT2D eigenvalue weighted by molar-refractivity contribution is 5.76. The molecule has 2 aromatic heterocycles. The van der Waals surface area contributed by atoms with E-state index in [0.717, 1.165) is 23.4 Å². The molecule has 1 fully saturated rings. The highest BCUT2D eigenvalue weighted by Crippen LogP contribution is 2.35. The van der Waals surface area contributed by atoms with Crippen LogP contribution in [0.5, 0.6) is 0 Å². The highest BCUT2D eigenvalue weighted by atomic mass is 19.4. The van der Waals surface area contributed by atoms with Gasteiger partial charge >= 0.3 is 12.2 Å². The Morgan fingerprint density at radius 3 is 2.68 bits per heavy atom. The van der Waals surface area contributed by atoms with E-state index in [9.17, 15) is 18.0 Å². The molecule has 0 unspecified atom stereocenters. The number of carbonyl (C=O) groups is 1. The Morgan fingerprint density at radius 2 is 1.94 bits per heavy atom. The van der Waals surface area contributed by atoms with Gasteiger partial charge in [0.25, 0.3) is 5.78 Å². The summed E-state index contributed by atoms with van der Waals surface area (Å²) in [5, 5.41) is 11.1. The number of aromatic nitrogens is 4. The molecule has 0 bridgehead atoms. The summed E-state index contributed by atoms with van der Waals surface area (Å²) >= 11 is 0. The number of hydrogen-bond acceptors (Lipinski definition) is 7. The number of rotatable bonds is 3. The Kier molecular flexibility index (Phi) is 5.42. The molecular weight excluding hydrogens is 453 g/mol. The number of ether oxygens (including phenoxy) is 1. The molecule has 2 amide bonds. The minimum atomic E-state index is -4.51. The Balaban J connectivity index is 1.45. The van der Waals surface area contributed by atoms with Crippen molar-refractivity contribution >= 4 is 23.3 Å². The van der Waals surface area contributed by atoms with E-state index in [0.29, 0.717) is 56.6 Å². The minimum Gasteiger partial charge on any atom is -0.399 e. The van der Waals surface area contributed by atoms with E-state index in [1.54, 1.807) is 21.1 Å². The zero-order valence-electron chi connectivity index (χ0n) is 18.3. The number of morpholine rings is 1. The van der Waals surface area contributed by atoms with Gasteiger partial charge in [0.15, 0.2) is 0 Å². The lowest BCUT2D eigenvalue weighted by Gasteiger charge is -2.30. The van der Waals surface area contributed by atoms with Crippen LogP contribution in [0.3, 0.4) is 0 Å². The first-order chi connectivity index (χ1) is 16.2. The summed E-state index contributed by atoms with van der Waals surface area (Å²) in [5.74, 6) is 0.772. The van der Waals surface area contributed by atoms with Gasteiger partial charge in [0.05, 0.1) is 43.6 Å². The summed E-state index contributed by atoms with van der Waals surface area (Å²) in [6, 6.07) is 2.82. The largest absolute Gasteiger partial charge is 0.416 e. The van der Waals surface area contributed by atoms with Crippen molar-refractivity contribution in [2.75, 3.05) is 37.4 Å². The number of halogens is 3. The molecule has 2 aliphatic rings. The molecule has 0 aliphatic carbocycles. The topological polar surface area (TPSA) is 114 Å². The summed E-state index contributed by atoms with van der Waals surface area (Å²) in [6.45, 7) is 4.38. The van der Waals surface area contributed by atoms with Gasteiger partial charge in [-0.2, -0.15) is 18.2 Å². The van der Waals surface area contributed by atoms with Gasteiger partial charge in [-0.05, 0) is 30.7 Å². The van der Waals surface area contributed by atoms with E-state index in [1.165, 1.54) is 12.4 Å². The van der Waals surface area contributed by atoms with E-state index in [-0.39, 0.29) is 11.7 Å². The number of nitrogens with zero attached hydrogens (tertiary/aromatic N) is 6. The smallest absolute Gasteiger partial charge is 0.399 e. The lowest BCUT2D eigenvalue weighted by molar-refractivity contribution is -0.137. The van der Waals surface area contributed by atoms with Gasteiger partial charge in [0, 0.05) is 24.3 Å². The number of carbonyl (C=O) groups excluding carboxylic acids is 1. The van der Waals surface area contributed by atoms with Crippen molar-refractivity contribution < 1.29 is 22.7 Å². The molecule has 34 heavy (non-hydrogen) atoms. The van der Waals surface area contributed by atoms with Gasteiger partial charge in [0.1, 0.15) is 12.1 Å². The molecule has 1 saturated heterocycles. The van der Waals surface area contributed by atoms with Crippen molar-refractivity contribution in [1.82, 2.24) is 29.4 Å². The van der Waals surface area contributed by atoms with Crippen LogP contribution in [-0.2, 0) is 24.0 Å². The number of benzene rings is 1. The van der Waals surface area contributed by atoms with E-state index in [4.69, 9.17) is 10.5 Å². The van der Waals surface area contributed by atoms with E-state index < -0.39 is 17.8 Å². The maximum atomic E-state index is 13.3. The third-order valence-corrected chi connectivity index (χ3v) is 6.07. The number of nitrogens with one attached hydrogen (secondary N) is 1. The van der Waals surface area contributed by atoms with Crippen LogP contribution in [0.1, 0.15) is 35.3 Å². The lowest BCUT2D eigenvalue weighted by Crippen LogP contribution is -2.46. The van der Waals surface area contributed by atoms with Crippen LogP contribution in [0.4, 0.5) is 29.5 Å². The normalized spacial score (nSPS) is 17.2. The first-order valence-electron chi connectivity index (χ1n) is 10.8. The van der Waals surface area contributed by atoms with Gasteiger partial charge in [-0.25, -0.2) is 4.79 Å². The standard InChI is InChI=1S/C21H23F3N8O2/c1-12(13-6-14(21(22,23)24)8-15(25)7-13)27-18-16-9-31(20(33)30-2-4-34-5-3-30)10-17(16)32-11-26-29-19(32)28-18/h6-8,11-12H,2-5,9-10,25H2,1H3,(H,27,28,29)/t12-/m1/s1. The Hall–Kier alpha value is -3.61. The average molecular weight is 476 g/mol. The molecule has 0 spiro atoms. The summed E-state index contributed by atoms with van der Waals surface area (Å²) in [7, 11) is 0. The molecule has 0 saturated carbocycles. The van der Waals surface area contributed by atoms with Crippen LogP contribution in [0.2, 0.25) is 0 Å². The predicted octanol–water partition coefficient (Wildman–Crippen LogP) is 2.67. The molecule has 13 heteroatoms. The predicted molar refractivity (Wildman–Crippen MR) is 116 cm³/mol. The fraction of sp³-hybridized carbons (Fsp3) is 0.429. The second-order valence-corrected chi connectivity index (χ2v) is 8.38. The van der Waals surface area contributed by atoms with Crippen LogP contribution in [0.25, 0.3) is 5.78 Å². The van der Waals surface area contributed by atoms with Crippen LogP contribution in [-0.4, -0.2) is 61.7 Å². The maximum Gasteiger partial charge on any atom is 0.416 e. The summed E-state index contributed by atoms with van der Waals surface area (Å²) in [4.78, 5) is 21.0. The molecule has 3 N–H and O–H groups in total. The highest BCUT2D eigenvalue weighted by Gasteiger charge is 2.34. The molecule has 180 valence electrons. The van der Waals surface area contributed by atoms with Crippen LogP contribution < -0.4 is 11.1 Å². The van der Waals surface area contributed by atoms with Gasteiger partial charge < -0.3 is 25.6 Å². The fourth-order valence-corrected chi connectivity index (χ4v) is 4.30. The molecule has 1 atom stereocenters. The summed E-state index contributed by atoms with van der Waals surface area (Å²) < 4.78 is 46.9. The molecular formula is C21H23F3N8O2. The average Bonchev–Trinajstić information content (AvgIpc) is 3.45. The molecule has 4 heterocycles. The zero-order valence-corrected chi connectivity index (χ0v) is 18.3. The molecule has 0 radical (unpaired) electrons. The first-order valence-corrected chi connectivity index (χ1v) is 10.8. The molecule has 1 aromatic carbocycles. The fourth-order valence-electron chi connectivity index (χ4n) is 4.30. The van der Waals surface area contributed by atoms with Crippen molar-refractivity contribution in [2.24, 2.45) is 0 Å². The van der Waals surface area contributed by atoms with Gasteiger partial charge in [0.2, 0.25) is 0 Å². The molecule has 5 rings (SSSR count). The minimum absolute atomic E-state index is 0.0202. The Bertz CT molecular complexity index is 1240. The number of nitrogens with two attached hydrogens (primary N) is 1. The van der Waals surface area contributed by atoms with Crippen LogP contribution in [0, 0.1) is 0 Å². The second-order valence-electron chi connectivity index (χ2n) is 8.38. The van der Waals surface area contributed by atoms with Crippen molar-refractivity contribution in [3.8, 4) is 0 Å². The van der Waals surface area contributed by atoms with E-state index in [1.807, 2.05) is 0 Å². The van der Waals surface area contributed by atoms with Crippen molar-refractivity contribution in [3.05, 3.63) is 46.9 Å². The summed E-state index contributed by atoms with van der Waals surface area (Å²) in [5.41, 5.74) is 6.87. The van der Waals surface area contributed by atoms with Crippen molar-refractivity contribution in [2.45, 2.75) is 32.2 Å². The number of amides is 2. The number of hydrogen-bond donors (Lipinski definition) is 2. The van der Waals surface area contributed by atoms with E-state index >= 15 is 0 Å². The van der Waals surface area contributed by atoms with Gasteiger partial charge in [-0.1, -0.05) is 0 Å². The Morgan fingerprint density at radius 1 is 1.18 bits per heavy atom. The van der Waals surface area contributed by atoms with Gasteiger partial charge in [-0.15, -0.1) is 10.2 Å². The molecule has 2 aliphatic heterocycles. The first kappa shape index (κ1) is 22.2. The maximum absolute atomic E-state index is 13.3. The lowest BCUT2D eigenvalue weighted by atomic mass is 10.0. The SMILES string of the molecule is C[C@@H](Nc1nc2nncn2c2c1CN(C(=O)N1CCOCC1)C2)c1cc(N)cc(C(F)(F)F)c1. The number of urea groups is 1. The Labute approximate surface area is 192 Å². The zero-order chi connectivity index (χ0) is 24.0. The quantitative estimate of drug-likeness (QED) is 0.559. The van der Waals surface area contributed by atoms with Crippen molar-refractivity contribution in [1.29, 1.82) is 0 Å². The molecule has 3 aromatic rings. The number of fused-ring (bicyclic) bond motifs is 3. The van der Waals surface area contributed by atoms with E-state index in [2.05, 4.69) is 20.5 Å². The second kappa shape index (κ2) is 8.31.